The van der Waals surface area contributed by atoms with Crippen LogP contribution in [-0.4, -0.2) is 84.3 Å². The van der Waals surface area contributed by atoms with Crippen LogP contribution in [0.2, 0.25) is 0 Å². The number of aliphatic hydroxyl groups is 2. The van der Waals surface area contributed by atoms with E-state index in [-0.39, 0.29) is 81.5 Å². The molecular weight excluding hydrogens is 949 g/mol. The molecule has 404 valence electrons. The number of carbonyl (C=O) groups excluding carboxylic acids is 3. The third-order valence-electron chi connectivity index (χ3n) is 21.7. The predicted molar refractivity (Wildman–Crippen MR) is 285 cm³/mol. The molecule has 13 heteroatoms. The Bertz CT molecular complexity index is 2650. The summed E-state index contributed by atoms with van der Waals surface area (Å²) < 4.78 is 23.9. The van der Waals surface area contributed by atoms with Crippen LogP contribution < -0.4 is 9.64 Å². The first-order valence-corrected chi connectivity index (χ1v) is 28.2. The van der Waals surface area contributed by atoms with Crippen LogP contribution in [0.4, 0.5) is 16.2 Å². The summed E-state index contributed by atoms with van der Waals surface area (Å²) in [5.74, 6) is 8.11. The molecule has 8 aliphatic carbocycles. The van der Waals surface area contributed by atoms with Crippen molar-refractivity contribution in [2.75, 3.05) is 32.2 Å². The minimum atomic E-state index is -1.02. The van der Waals surface area contributed by atoms with Gasteiger partial charge in [0.05, 0.1) is 30.8 Å². The number of benzene rings is 2. The highest BCUT2D eigenvalue weighted by atomic mass is 16.7. The molecule has 10 rings (SSSR count). The molecule has 0 heterocycles. The van der Waals surface area contributed by atoms with E-state index in [0.717, 1.165) is 69.9 Å². The van der Waals surface area contributed by atoms with Gasteiger partial charge in [-0.15, -0.1) is 5.92 Å². The van der Waals surface area contributed by atoms with Crippen LogP contribution in [0.15, 0.2) is 71.3 Å². The van der Waals surface area contributed by atoms with E-state index in [4.69, 9.17) is 18.9 Å². The molecule has 0 spiro atoms. The van der Waals surface area contributed by atoms with Gasteiger partial charge in [0, 0.05) is 61.5 Å². The summed E-state index contributed by atoms with van der Waals surface area (Å²) in [6.07, 6.45) is 12.6. The van der Waals surface area contributed by atoms with E-state index in [0.29, 0.717) is 63.5 Å². The summed E-state index contributed by atoms with van der Waals surface area (Å²) in [6.45, 7) is 12.2. The first kappa shape index (κ1) is 53.4. The topological polar surface area (TPSA) is 175 Å². The van der Waals surface area contributed by atoms with Crippen molar-refractivity contribution in [3.63, 3.8) is 0 Å². The molecule has 6 fully saturated rings. The minimum Gasteiger partial charge on any atom is -0.469 e. The molecule has 0 aliphatic heterocycles. The average molecular weight is 1030 g/mol. The smallest absolute Gasteiger partial charge is 0.469 e. The van der Waals surface area contributed by atoms with E-state index < -0.39 is 34.3 Å². The number of nitro benzene ring substituents is 1. The fraction of sp³-hybridized carbons (Fsp3) is 0.661. The van der Waals surface area contributed by atoms with E-state index in [1.807, 2.05) is 13.0 Å². The summed E-state index contributed by atoms with van der Waals surface area (Å²) in [4.78, 5) is 51.7. The number of esters is 1. The van der Waals surface area contributed by atoms with Gasteiger partial charge in [0.25, 0.3) is 5.69 Å². The molecule has 0 bridgehead atoms. The number of likely N-dealkylation sites (N-methyl/N-ethyl adjacent to an activating group) is 1. The molecule has 2 aromatic carbocycles. The minimum absolute atomic E-state index is 0.00696. The van der Waals surface area contributed by atoms with Gasteiger partial charge in [0.15, 0.2) is 5.78 Å². The second kappa shape index (κ2) is 20.7. The maximum absolute atomic E-state index is 13.8. The number of ether oxygens (including phenoxy) is 4. The van der Waals surface area contributed by atoms with Gasteiger partial charge in [-0.1, -0.05) is 51.3 Å². The van der Waals surface area contributed by atoms with Crippen LogP contribution in [0.1, 0.15) is 149 Å². The Hall–Kier alpha value is -5.03. The normalized spacial score (nSPS) is 37.9. The van der Waals surface area contributed by atoms with Gasteiger partial charge < -0.3 is 34.1 Å². The summed E-state index contributed by atoms with van der Waals surface area (Å²) >= 11 is 0. The van der Waals surface area contributed by atoms with Crippen molar-refractivity contribution in [1.29, 1.82) is 0 Å². The predicted octanol–water partition coefficient (Wildman–Crippen LogP) is 11.5. The lowest BCUT2D eigenvalue weighted by Gasteiger charge is -2.64. The SMILES string of the molecule is CC#C[C@]1(O)CCC2C3CCC4=CC(=O)CCC4=C3[C@@H](c3ccc(N(C)CCO[C@H]4CC[C@@]5(C)[C@@H](C4)C[C@@H](OC(=O)Oc4ccc([N+](=O)[O-])cc4)[C@@H]4[C@@H]5C[C@H](O)[C@]5(C)[C@@H]([C@H](C)CCC(=O)OC)CC[C@@H]45)cc3)C[C@@]21C. The lowest BCUT2D eigenvalue weighted by Crippen LogP contribution is -2.63. The van der Waals surface area contributed by atoms with Crippen LogP contribution in [0, 0.1) is 85.5 Å². The molecular formula is C62H80N2O11. The molecule has 2 N–H and O–H groups in total. The molecule has 0 radical (unpaired) electrons. The van der Waals surface area contributed by atoms with E-state index in [1.54, 1.807) is 0 Å². The first-order valence-electron chi connectivity index (χ1n) is 28.2. The molecule has 0 aromatic heterocycles. The number of hydrogen-bond donors (Lipinski definition) is 2. The fourth-order valence-electron chi connectivity index (χ4n) is 17.7. The number of ketones is 1. The number of nitrogens with zero attached hydrogens (tertiary/aromatic N) is 2. The Morgan fingerprint density at radius 2 is 1.69 bits per heavy atom. The van der Waals surface area contributed by atoms with Crippen molar-refractivity contribution in [3.05, 3.63) is 87.0 Å². The third-order valence-corrected chi connectivity index (χ3v) is 21.7. The van der Waals surface area contributed by atoms with Crippen LogP contribution in [0.25, 0.3) is 0 Å². The zero-order valence-corrected chi connectivity index (χ0v) is 45.3. The number of methoxy groups -OCH3 is 1. The fourth-order valence-corrected chi connectivity index (χ4v) is 17.7. The quantitative estimate of drug-likeness (QED) is 0.0640. The maximum atomic E-state index is 13.8. The average Bonchev–Trinajstić information content (AvgIpc) is 4.02. The van der Waals surface area contributed by atoms with Crippen molar-refractivity contribution < 1.29 is 48.5 Å². The highest BCUT2D eigenvalue weighted by Crippen LogP contribution is 2.70. The number of nitro groups is 1. The molecule has 16 atom stereocenters. The van der Waals surface area contributed by atoms with Crippen LogP contribution in [-0.2, 0) is 23.8 Å². The lowest BCUT2D eigenvalue weighted by atomic mass is 9.43. The van der Waals surface area contributed by atoms with Gasteiger partial charge in [0.1, 0.15) is 17.5 Å². The van der Waals surface area contributed by atoms with Crippen molar-refractivity contribution in [2.45, 2.75) is 167 Å². The molecule has 2 aromatic rings. The van der Waals surface area contributed by atoms with Crippen LogP contribution in [0.5, 0.6) is 5.75 Å². The standard InChI is InChI=1S/C62H80N2O11/c1-8-27-62(69)29-26-50-47-20-12-39-32-43(65)17-21-46(39)56(47)48(36-60(50,62)4)38-10-13-41(14-11-38)63(6)30-31-73-45-25-28-59(3)40(33-45)34-53(75-58(68)74-44-18-15-42(16-19-44)64(70)71)57-51-23-22-49(37(2)9-24-55(67)72-7)61(51,5)54(66)35-52(57)59/h10-11,13-16,18-19,32,37,40,45,47-54,57,66,69H,9,12,17,20-26,28-31,33-36H2,1-7H3/t37-,40+,45+,47?,48-,49-,50?,51+,52+,53-,54+,57+,59+,60+,61-,62+/m1/s1. The molecule has 2 unspecified atom stereocenters. The largest absolute Gasteiger partial charge is 0.514 e. The highest BCUT2D eigenvalue weighted by molar-refractivity contribution is 5.93. The maximum Gasteiger partial charge on any atom is 0.514 e. The number of allylic oxidation sites excluding steroid dienone is 4. The summed E-state index contributed by atoms with van der Waals surface area (Å²) in [7, 11) is 3.52. The molecule has 0 amide bonds. The zero-order chi connectivity index (χ0) is 53.2. The third kappa shape index (κ3) is 9.45. The number of carbonyl (C=O) groups is 3. The van der Waals surface area contributed by atoms with Gasteiger partial charge in [-0.2, -0.15) is 0 Å². The van der Waals surface area contributed by atoms with Crippen molar-refractivity contribution in [2.24, 2.45) is 63.6 Å². The zero-order valence-electron chi connectivity index (χ0n) is 45.3. The first-order chi connectivity index (χ1) is 35.8. The second-order valence-electron chi connectivity index (χ2n) is 24.9. The molecule has 13 nitrogen and oxygen atoms in total. The van der Waals surface area contributed by atoms with E-state index in [9.17, 15) is 34.7 Å². The van der Waals surface area contributed by atoms with Crippen LogP contribution in [0.3, 0.4) is 0 Å². The number of fused-ring (bicyclic) bond motifs is 9. The van der Waals surface area contributed by atoms with E-state index >= 15 is 0 Å². The second-order valence-corrected chi connectivity index (χ2v) is 24.9. The monoisotopic (exact) mass is 1030 g/mol. The highest BCUT2D eigenvalue weighted by Gasteiger charge is 2.67. The molecule has 75 heavy (non-hydrogen) atoms. The van der Waals surface area contributed by atoms with Gasteiger partial charge in [-0.05, 0) is 196 Å². The van der Waals surface area contributed by atoms with E-state index in [2.05, 4.69) is 75.7 Å². The van der Waals surface area contributed by atoms with Crippen molar-refractivity contribution in [1.82, 2.24) is 0 Å². The Morgan fingerprint density at radius 3 is 2.41 bits per heavy atom. The van der Waals surface area contributed by atoms with Crippen LogP contribution >= 0.6 is 0 Å². The number of rotatable bonds is 13. The molecule has 6 saturated carbocycles. The summed E-state index contributed by atoms with van der Waals surface area (Å²) in [6, 6.07) is 14.4. The van der Waals surface area contributed by atoms with Gasteiger partial charge >= 0.3 is 12.1 Å². The van der Waals surface area contributed by atoms with Gasteiger partial charge in [-0.25, -0.2) is 4.79 Å². The molecule has 0 saturated heterocycles. The van der Waals surface area contributed by atoms with Crippen molar-refractivity contribution >= 4 is 29.3 Å². The van der Waals surface area contributed by atoms with Gasteiger partial charge in [0.2, 0.25) is 0 Å². The molecule has 8 aliphatic rings. The summed E-state index contributed by atoms with van der Waals surface area (Å²) in [5.41, 5.74) is 4.48. The Kier molecular flexibility index (Phi) is 14.8. The Balaban J connectivity index is 0.827. The number of anilines is 1. The number of non-ortho nitro benzene ring substituents is 1. The summed E-state index contributed by atoms with van der Waals surface area (Å²) in [5, 5.41) is 35.9. The number of hydrogen-bond acceptors (Lipinski definition) is 12. The van der Waals surface area contributed by atoms with Gasteiger partial charge in [-0.3, -0.25) is 19.7 Å². The van der Waals surface area contributed by atoms with Crippen molar-refractivity contribution in [3.8, 4) is 17.6 Å². The van der Waals surface area contributed by atoms with E-state index in [1.165, 1.54) is 53.7 Å². The Labute approximate surface area is 443 Å². The Morgan fingerprint density at radius 1 is 0.933 bits per heavy atom. The lowest BCUT2D eigenvalue weighted by molar-refractivity contribution is -0.384. The number of aliphatic hydroxyl groups excluding tert-OH is 1.